The van der Waals surface area contributed by atoms with Gasteiger partial charge in [-0.2, -0.15) is 0 Å². The molecule has 0 nitrogen and oxygen atoms in total. The monoisotopic (exact) mass is 334 g/mol. The Bertz CT molecular complexity index is 308. The number of halogens is 2. The lowest BCUT2D eigenvalue weighted by Gasteiger charge is -2.35. The Morgan fingerprint density at radius 2 is 1.64 bits per heavy atom. The van der Waals surface area contributed by atoms with E-state index in [0.717, 1.165) is 18.8 Å². The van der Waals surface area contributed by atoms with E-state index < -0.39 is 12.3 Å². The first kappa shape index (κ1) is 20.3. The molecule has 0 heterocycles. The van der Waals surface area contributed by atoms with Crippen LogP contribution in [0.2, 0.25) is 0 Å². The highest BCUT2D eigenvalue weighted by atomic mass is 31.0. The average molecular weight is 334 g/mol. The van der Waals surface area contributed by atoms with Crippen molar-refractivity contribution in [2.75, 3.05) is 0 Å². The van der Waals surface area contributed by atoms with Gasteiger partial charge in [-0.25, -0.2) is 8.78 Å². The second-order valence-corrected chi connectivity index (χ2v) is 9.15. The van der Waals surface area contributed by atoms with Gasteiger partial charge >= 0.3 is 0 Å². The lowest BCUT2D eigenvalue weighted by atomic mass is 9.75. The second kappa shape index (κ2) is 9.55. The van der Waals surface area contributed by atoms with Crippen molar-refractivity contribution in [2.24, 2.45) is 29.6 Å². The van der Waals surface area contributed by atoms with Gasteiger partial charge < -0.3 is 0 Å². The summed E-state index contributed by atoms with van der Waals surface area (Å²) in [5.74, 6) is 1.92. The van der Waals surface area contributed by atoms with Gasteiger partial charge in [-0.1, -0.05) is 47.5 Å². The quantitative estimate of drug-likeness (QED) is 0.448. The highest BCUT2D eigenvalue weighted by molar-refractivity contribution is 7.17. The Morgan fingerprint density at radius 1 is 1.00 bits per heavy atom. The van der Waals surface area contributed by atoms with Crippen LogP contribution in [0.3, 0.4) is 0 Å². The molecule has 0 aromatic rings. The zero-order valence-electron chi connectivity index (χ0n) is 15.2. The zero-order chi connectivity index (χ0) is 16.9. The molecule has 0 aromatic carbocycles. The third kappa shape index (κ3) is 6.42. The molecule has 1 aliphatic rings. The molecule has 0 saturated heterocycles. The summed E-state index contributed by atoms with van der Waals surface area (Å²) in [5.41, 5.74) is 0.0801. The van der Waals surface area contributed by atoms with Crippen LogP contribution < -0.4 is 0 Å². The molecule has 1 rings (SSSR count). The van der Waals surface area contributed by atoms with Gasteiger partial charge in [0.15, 0.2) is 0 Å². The number of hydrogen-bond acceptors (Lipinski definition) is 0. The minimum atomic E-state index is -0.783. The fourth-order valence-corrected chi connectivity index (χ4v) is 3.97. The molecule has 1 saturated carbocycles. The SMILES string of the molecule is CC(C)CCC(C)C(C)CC(F)C(C)C1CCC(P)C(F)C1. The van der Waals surface area contributed by atoms with Gasteiger partial charge in [0.05, 0.1) is 0 Å². The first-order chi connectivity index (χ1) is 10.2. The molecule has 8 atom stereocenters. The molecule has 0 aliphatic heterocycles. The van der Waals surface area contributed by atoms with E-state index in [1.54, 1.807) is 0 Å². The maximum absolute atomic E-state index is 14.7. The molecular weight excluding hydrogens is 297 g/mol. The summed E-state index contributed by atoms with van der Waals surface area (Å²) in [6, 6.07) is 0. The molecule has 0 spiro atoms. The second-order valence-electron chi connectivity index (χ2n) is 8.29. The molecule has 1 fully saturated rings. The van der Waals surface area contributed by atoms with Gasteiger partial charge in [-0.3, -0.25) is 0 Å². The number of rotatable bonds is 8. The van der Waals surface area contributed by atoms with Crippen molar-refractivity contribution in [3.8, 4) is 0 Å². The number of hydrogen-bond donors (Lipinski definition) is 0. The van der Waals surface area contributed by atoms with E-state index in [4.69, 9.17) is 0 Å². The van der Waals surface area contributed by atoms with Crippen molar-refractivity contribution in [1.82, 2.24) is 0 Å². The smallest absolute Gasteiger partial charge is 0.107 e. The van der Waals surface area contributed by atoms with Gasteiger partial charge in [0.2, 0.25) is 0 Å². The van der Waals surface area contributed by atoms with Crippen LogP contribution in [0.5, 0.6) is 0 Å². The lowest BCUT2D eigenvalue weighted by molar-refractivity contribution is 0.0912. The summed E-state index contributed by atoms with van der Waals surface area (Å²) in [7, 11) is 2.61. The molecule has 132 valence electrons. The fraction of sp³-hybridized carbons (Fsp3) is 1.00. The van der Waals surface area contributed by atoms with E-state index in [1.807, 2.05) is 6.92 Å². The van der Waals surface area contributed by atoms with Crippen LogP contribution in [0.4, 0.5) is 8.78 Å². The van der Waals surface area contributed by atoms with Crippen LogP contribution in [0.15, 0.2) is 0 Å². The molecular formula is C19H37F2P. The van der Waals surface area contributed by atoms with Crippen LogP contribution in [0.1, 0.15) is 73.1 Å². The van der Waals surface area contributed by atoms with E-state index >= 15 is 0 Å². The minimum absolute atomic E-state index is 0.00417. The maximum Gasteiger partial charge on any atom is 0.107 e. The van der Waals surface area contributed by atoms with Gasteiger partial charge in [-0.05, 0) is 55.3 Å². The van der Waals surface area contributed by atoms with Crippen molar-refractivity contribution < 1.29 is 8.78 Å². The Kier molecular flexibility index (Phi) is 8.83. The molecule has 0 amide bonds. The van der Waals surface area contributed by atoms with Crippen LogP contribution in [0.25, 0.3) is 0 Å². The topological polar surface area (TPSA) is 0 Å². The van der Waals surface area contributed by atoms with Crippen molar-refractivity contribution >= 4 is 9.24 Å². The molecule has 0 aromatic heterocycles. The van der Waals surface area contributed by atoms with E-state index in [9.17, 15) is 8.78 Å². The standard InChI is InChI=1S/C19H37F2P/c1-12(2)6-7-13(3)14(4)10-17(20)15(5)16-8-9-19(22)18(21)11-16/h12-19H,6-11,22H2,1-5H3. The summed E-state index contributed by atoms with van der Waals surface area (Å²) in [6.07, 6.45) is 3.91. The van der Waals surface area contributed by atoms with E-state index in [0.29, 0.717) is 24.7 Å². The third-order valence-electron chi connectivity index (χ3n) is 5.95. The van der Waals surface area contributed by atoms with Crippen molar-refractivity contribution in [1.29, 1.82) is 0 Å². The molecule has 0 N–H and O–H groups in total. The largest absolute Gasteiger partial charge is 0.247 e. The van der Waals surface area contributed by atoms with Crippen LogP contribution >= 0.6 is 9.24 Å². The molecule has 0 radical (unpaired) electrons. The highest BCUT2D eigenvalue weighted by Crippen LogP contribution is 2.38. The Labute approximate surface area is 139 Å². The first-order valence-corrected chi connectivity index (χ1v) is 9.92. The lowest BCUT2D eigenvalue weighted by Crippen LogP contribution is -2.33. The van der Waals surface area contributed by atoms with Gasteiger partial charge in [-0.15, -0.1) is 9.24 Å². The highest BCUT2D eigenvalue weighted by Gasteiger charge is 2.34. The van der Waals surface area contributed by atoms with Crippen molar-refractivity contribution in [3.63, 3.8) is 0 Å². The molecule has 3 heteroatoms. The summed E-state index contributed by atoms with van der Waals surface area (Å²) >= 11 is 0. The van der Waals surface area contributed by atoms with E-state index in [-0.39, 0.29) is 17.5 Å². The molecule has 0 bridgehead atoms. The predicted molar refractivity (Wildman–Crippen MR) is 96.8 cm³/mol. The van der Waals surface area contributed by atoms with Crippen LogP contribution in [-0.4, -0.2) is 18.0 Å². The first-order valence-electron chi connectivity index (χ1n) is 9.26. The van der Waals surface area contributed by atoms with Crippen molar-refractivity contribution in [3.05, 3.63) is 0 Å². The molecule has 22 heavy (non-hydrogen) atoms. The van der Waals surface area contributed by atoms with E-state index in [1.165, 1.54) is 12.8 Å². The third-order valence-corrected chi connectivity index (χ3v) is 6.70. The van der Waals surface area contributed by atoms with Gasteiger partial charge in [0, 0.05) is 5.66 Å². The molecule has 1 aliphatic carbocycles. The Morgan fingerprint density at radius 3 is 2.18 bits per heavy atom. The summed E-state index contributed by atoms with van der Waals surface area (Å²) < 4.78 is 28.6. The summed E-state index contributed by atoms with van der Waals surface area (Å²) in [6.45, 7) is 10.9. The Hall–Kier alpha value is 0.290. The van der Waals surface area contributed by atoms with Gasteiger partial charge in [0.1, 0.15) is 12.3 Å². The summed E-state index contributed by atoms with van der Waals surface area (Å²) in [4.78, 5) is 0. The summed E-state index contributed by atoms with van der Waals surface area (Å²) in [5, 5.41) is 0. The van der Waals surface area contributed by atoms with Gasteiger partial charge in [0.25, 0.3) is 0 Å². The van der Waals surface area contributed by atoms with Crippen LogP contribution in [-0.2, 0) is 0 Å². The predicted octanol–water partition coefficient (Wildman–Crippen LogP) is 6.44. The Balaban J connectivity index is 2.41. The normalized spacial score (nSPS) is 31.8. The van der Waals surface area contributed by atoms with Crippen LogP contribution in [0, 0.1) is 29.6 Å². The zero-order valence-corrected chi connectivity index (χ0v) is 16.3. The maximum atomic E-state index is 14.7. The average Bonchev–Trinajstić information content (AvgIpc) is 2.46. The fourth-order valence-electron chi connectivity index (χ4n) is 3.62. The van der Waals surface area contributed by atoms with E-state index in [2.05, 4.69) is 36.9 Å². The van der Waals surface area contributed by atoms with Crippen molar-refractivity contribution in [2.45, 2.75) is 91.1 Å². The molecule has 8 unspecified atom stereocenters. The number of alkyl halides is 2. The minimum Gasteiger partial charge on any atom is -0.247 e.